The van der Waals surface area contributed by atoms with Crippen molar-refractivity contribution in [2.45, 2.75) is 40.5 Å². The molecule has 0 fully saturated rings. The summed E-state index contributed by atoms with van der Waals surface area (Å²) in [7, 11) is 1.68. The van der Waals surface area contributed by atoms with E-state index in [1.165, 1.54) is 4.90 Å². The first kappa shape index (κ1) is 17.2. The number of anilines is 1. The van der Waals surface area contributed by atoms with E-state index in [0.29, 0.717) is 0 Å². The number of hydrogen-bond acceptors (Lipinski definition) is 2. The predicted molar refractivity (Wildman–Crippen MR) is 86.3 cm³/mol. The Morgan fingerprint density at radius 1 is 1.19 bits per heavy atom. The highest BCUT2D eigenvalue weighted by Crippen LogP contribution is 2.18. The third-order valence-corrected chi connectivity index (χ3v) is 3.97. The highest BCUT2D eigenvalue weighted by atomic mass is 16.2. The monoisotopic (exact) mass is 290 g/mol. The Balaban J connectivity index is 2.65. The van der Waals surface area contributed by atoms with Crippen LogP contribution in [0.5, 0.6) is 0 Å². The molecule has 21 heavy (non-hydrogen) atoms. The fourth-order valence-corrected chi connectivity index (χ4v) is 2.32. The van der Waals surface area contributed by atoms with E-state index < -0.39 is 0 Å². The van der Waals surface area contributed by atoms with Gasteiger partial charge in [-0.05, 0) is 43.9 Å². The summed E-state index contributed by atoms with van der Waals surface area (Å²) < 4.78 is 0. The molecule has 0 saturated carbocycles. The number of carbonyl (C=O) groups is 2. The maximum absolute atomic E-state index is 12.2. The predicted octanol–water partition coefficient (Wildman–Crippen LogP) is 3.14. The molecule has 0 radical (unpaired) electrons. The first-order valence-corrected chi connectivity index (χ1v) is 7.51. The van der Waals surface area contributed by atoms with E-state index in [0.717, 1.165) is 29.7 Å². The Bertz CT molecular complexity index is 508. The van der Waals surface area contributed by atoms with E-state index in [1.54, 1.807) is 7.05 Å². The van der Waals surface area contributed by atoms with E-state index in [9.17, 15) is 9.59 Å². The zero-order chi connectivity index (χ0) is 16.0. The number of aryl methyl sites for hydroxylation is 1. The highest BCUT2D eigenvalue weighted by molar-refractivity contribution is 5.95. The van der Waals surface area contributed by atoms with Crippen LogP contribution in [-0.4, -0.2) is 30.3 Å². The average Bonchev–Trinajstić information content (AvgIpc) is 2.45. The fourth-order valence-electron chi connectivity index (χ4n) is 2.32. The minimum absolute atomic E-state index is 0.00325. The molecule has 0 aliphatic rings. The molecule has 0 aromatic heterocycles. The van der Waals surface area contributed by atoms with Crippen molar-refractivity contribution in [2.75, 3.05) is 18.9 Å². The van der Waals surface area contributed by atoms with E-state index in [4.69, 9.17) is 0 Å². The van der Waals surface area contributed by atoms with Crippen molar-refractivity contribution in [3.05, 3.63) is 29.3 Å². The molecule has 1 aromatic rings. The lowest BCUT2D eigenvalue weighted by Crippen LogP contribution is -2.38. The first-order chi connectivity index (χ1) is 9.90. The molecular formula is C17H26N2O2. The number of rotatable bonds is 6. The van der Waals surface area contributed by atoms with Gasteiger partial charge >= 0.3 is 0 Å². The molecular weight excluding hydrogens is 264 g/mol. The van der Waals surface area contributed by atoms with Crippen LogP contribution in [0.15, 0.2) is 18.2 Å². The number of nitrogens with one attached hydrogen (secondary N) is 1. The second kappa shape index (κ2) is 7.81. The van der Waals surface area contributed by atoms with Crippen LogP contribution in [0.2, 0.25) is 0 Å². The molecule has 0 atom stereocenters. The van der Waals surface area contributed by atoms with Gasteiger partial charge in [-0.15, -0.1) is 0 Å². The average molecular weight is 290 g/mol. The van der Waals surface area contributed by atoms with Crippen molar-refractivity contribution in [2.24, 2.45) is 5.92 Å². The van der Waals surface area contributed by atoms with Crippen molar-refractivity contribution in [1.29, 1.82) is 0 Å². The summed E-state index contributed by atoms with van der Waals surface area (Å²) in [6.45, 7) is 8.06. The van der Waals surface area contributed by atoms with E-state index in [2.05, 4.69) is 5.32 Å². The zero-order valence-corrected chi connectivity index (χ0v) is 13.7. The van der Waals surface area contributed by atoms with Crippen molar-refractivity contribution in [3.63, 3.8) is 0 Å². The topological polar surface area (TPSA) is 49.4 Å². The Morgan fingerprint density at radius 2 is 1.81 bits per heavy atom. The van der Waals surface area contributed by atoms with Gasteiger partial charge in [0.15, 0.2) is 0 Å². The van der Waals surface area contributed by atoms with Gasteiger partial charge in [-0.25, -0.2) is 0 Å². The van der Waals surface area contributed by atoms with Crippen LogP contribution in [0.25, 0.3) is 0 Å². The summed E-state index contributed by atoms with van der Waals surface area (Å²) in [5.74, 6) is -0.120. The van der Waals surface area contributed by atoms with E-state index in [-0.39, 0.29) is 24.3 Å². The van der Waals surface area contributed by atoms with Crippen LogP contribution < -0.4 is 5.32 Å². The van der Waals surface area contributed by atoms with Crippen molar-refractivity contribution in [1.82, 2.24) is 4.90 Å². The molecule has 0 heterocycles. The Labute approximate surface area is 127 Å². The van der Waals surface area contributed by atoms with Crippen molar-refractivity contribution < 1.29 is 9.59 Å². The number of amides is 2. The summed E-state index contributed by atoms with van der Waals surface area (Å²) in [6, 6.07) is 5.80. The van der Waals surface area contributed by atoms with Gasteiger partial charge < -0.3 is 10.2 Å². The van der Waals surface area contributed by atoms with Crippen LogP contribution in [0.1, 0.15) is 37.8 Å². The minimum Gasteiger partial charge on any atom is -0.336 e. The molecule has 0 unspecified atom stereocenters. The number of carbonyl (C=O) groups excluding carboxylic acids is 2. The quantitative estimate of drug-likeness (QED) is 0.875. The van der Waals surface area contributed by atoms with Gasteiger partial charge in [0.1, 0.15) is 0 Å². The summed E-state index contributed by atoms with van der Waals surface area (Å²) in [4.78, 5) is 25.8. The van der Waals surface area contributed by atoms with Gasteiger partial charge in [0.05, 0.1) is 6.54 Å². The van der Waals surface area contributed by atoms with E-state index in [1.807, 2.05) is 45.9 Å². The third kappa shape index (κ3) is 4.59. The van der Waals surface area contributed by atoms with Crippen LogP contribution in [0.3, 0.4) is 0 Å². The smallest absolute Gasteiger partial charge is 0.243 e. The largest absolute Gasteiger partial charge is 0.336 e. The van der Waals surface area contributed by atoms with Gasteiger partial charge in [-0.1, -0.05) is 26.0 Å². The molecule has 0 saturated heterocycles. The number of benzene rings is 1. The molecule has 4 nitrogen and oxygen atoms in total. The van der Waals surface area contributed by atoms with Gasteiger partial charge in [0.2, 0.25) is 11.8 Å². The molecule has 0 aliphatic heterocycles. The molecule has 116 valence electrons. The molecule has 4 heteroatoms. The van der Waals surface area contributed by atoms with Gasteiger partial charge in [-0.3, -0.25) is 9.59 Å². The fraction of sp³-hybridized carbons (Fsp3) is 0.529. The molecule has 1 rings (SSSR count). The van der Waals surface area contributed by atoms with Crippen LogP contribution >= 0.6 is 0 Å². The molecule has 1 aromatic carbocycles. The molecule has 0 bridgehead atoms. The Kier molecular flexibility index (Phi) is 6.40. The van der Waals surface area contributed by atoms with Crippen LogP contribution in [0.4, 0.5) is 5.69 Å². The van der Waals surface area contributed by atoms with E-state index >= 15 is 0 Å². The SMILES string of the molecule is CCC(CC)C(=O)N(C)CC(=O)Nc1cccc(C)c1C. The van der Waals surface area contributed by atoms with Gasteiger partial charge in [0, 0.05) is 18.7 Å². The lowest BCUT2D eigenvalue weighted by molar-refractivity contribution is -0.137. The molecule has 0 spiro atoms. The van der Waals surface area contributed by atoms with Crippen LogP contribution in [-0.2, 0) is 9.59 Å². The standard InChI is InChI=1S/C17H26N2O2/c1-6-14(7-2)17(21)19(5)11-16(20)18-15-10-8-9-12(3)13(15)4/h8-10,14H,6-7,11H2,1-5H3,(H,18,20). The normalized spacial score (nSPS) is 10.6. The molecule has 1 N–H and O–H groups in total. The zero-order valence-electron chi connectivity index (χ0n) is 13.7. The second-order valence-electron chi connectivity index (χ2n) is 5.50. The van der Waals surface area contributed by atoms with Crippen molar-refractivity contribution >= 4 is 17.5 Å². The number of likely N-dealkylation sites (N-methyl/N-ethyl adjacent to an activating group) is 1. The highest BCUT2D eigenvalue weighted by Gasteiger charge is 2.20. The number of nitrogens with zero attached hydrogens (tertiary/aromatic N) is 1. The minimum atomic E-state index is -0.162. The maximum atomic E-state index is 12.2. The van der Waals surface area contributed by atoms with Crippen molar-refractivity contribution in [3.8, 4) is 0 Å². The Morgan fingerprint density at radius 3 is 2.38 bits per heavy atom. The lowest BCUT2D eigenvalue weighted by Gasteiger charge is -2.22. The molecule has 2 amide bonds. The first-order valence-electron chi connectivity index (χ1n) is 7.51. The van der Waals surface area contributed by atoms with Crippen LogP contribution in [0, 0.1) is 19.8 Å². The second-order valence-corrected chi connectivity index (χ2v) is 5.50. The summed E-state index contributed by atoms with van der Waals surface area (Å²) >= 11 is 0. The Hall–Kier alpha value is -1.84. The summed E-state index contributed by atoms with van der Waals surface area (Å²) in [6.07, 6.45) is 1.61. The molecule has 0 aliphatic carbocycles. The number of hydrogen-bond donors (Lipinski definition) is 1. The van der Waals surface area contributed by atoms with Gasteiger partial charge in [-0.2, -0.15) is 0 Å². The summed E-state index contributed by atoms with van der Waals surface area (Å²) in [5, 5.41) is 2.88. The van der Waals surface area contributed by atoms with Gasteiger partial charge in [0.25, 0.3) is 0 Å². The third-order valence-electron chi connectivity index (χ3n) is 3.97. The lowest BCUT2D eigenvalue weighted by atomic mass is 10.0. The maximum Gasteiger partial charge on any atom is 0.243 e. The summed E-state index contributed by atoms with van der Waals surface area (Å²) in [5.41, 5.74) is 3.00.